The Morgan fingerprint density at radius 1 is 0.843 bits per heavy atom. The number of nitrogens with zero attached hydrogens (tertiary/aromatic N) is 1. The SMILES string of the molecule is CC1(C)CC2CC(C)(CN2C[C@H]2C[C@@H](c3ccc(CO)cc3)O[C@@H](c3cccc(-c4cccc(CNC(=O)CCCCCC(=O)NO)c4)c3)O2)C1. The van der Waals surface area contributed by atoms with Gasteiger partial charge in [0.2, 0.25) is 11.8 Å². The van der Waals surface area contributed by atoms with Crippen LogP contribution in [0, 0.1) is 10.8 Å². The number of carbonyl (C=O) groups is 2. The molecule has 9 heteroatoms. The van der Waals surface area contributed by atoms with Gasteiger partial charge in [-0.2, -0.15) is 0 Å². The summed E-state index contributed by atoms with van der Waals surface area (Å²) in [6, 6.07) is 25.3. The fraction of sp³-hybridized carbons (Fsp3) is 0.524. The van der Waals surface area contributed by atoms with Crippen molar-refractivity contribution >= 4 is 11.8 Å². The molecule has 2 heterocycles. The van der Waals surface area contributed by atoms with Gasteiger partial charge in [0.25, 0.3) is 0 Å². The van der Waals surface area contributed by atoms with E-state index in [4.69, 9.17) is 14.7 Å². The van der Waals surface area contributed by atoms with Gasteiger partial charge in [-0.3, -0.25) is 19.7 Å². The molecule has 1 saturated carbocycles. The standard InChI is InChI=1S/C42H55N3O6/c1-41(2)22-35-23-42(3,27-41)28-45(35)25-36-21-37(31-17-15-29(26-46)16-18-31)51-40(50-36)34-12-8-11-33(20-34)32-10-7-9-30(19-32)24-43-38(47)13-5-4-6-14-39(48)44-49/h7-12,15-20,35-37,40,46,49H,4-6,13-14,21-28H2,1-3H3,(H,43,47)(H,44,48)/t35?,36-,37+,40+,42?/m1/s1. The Hall–Kier alpha value is -3.60. The molecule has 2 amide bonds. The molecule has 2 aliphatic heterocycles. The van der Waals surface area contributed by atoms with Crippen LogP contribution in [0.15, 0.2) is 72.8 Å². The molecular formula is C42H55N3O6. The van der Waals surface area contributed by atoms with Crippen LogP contribution in [-0.2, 0) is 32.2 Å². The number of fused-ring (bicyclic) bond motifs is 2. The van der Waals surface area contributed by atoms with Gasteiger partial charge >= 0.3 is 0 Å². The van der Waals surface area contributed by atoms with Crippen LogP contribution in [0.2, 0.25) is 0 Å². The molecule has 3 aromatic rings. The molecule has 0 spiro atoms. The third-order valence-electron chi connectivity index (χ3n) is 10.9. The molecule has 5 atom stereocenters. The van der Waals surface area contributed by atoms with Crippen LogP contribution in [0.1, 0.15) is 113 Å². The molecule has 4 N–H and O–H groups in total. The van der Waals surface area contributed by atoms with Crippen LogP contribution in [-0.4, -0.2) is 52.3 Å². The van der Waals surface area contributed by atoms with Crippen molar-refractivity contribution in [3.05, 3.63) is 95.1 Å². The molecule has 0 radical (unpaired) electrons. The van der Waals surface area contributed by atoms with Gasteiger partial charge in [0.05, 0.1) is 18.8 Å². The van der Waals surface area contributed by atoms with Crippen molar-refractivity contribution < 1.29 is 29.4 Å². The van der Waals surface area contributed by atoms with E-state index in [1.807, 2.05) is 24.3 Å². The molecule has 9 nitrogen and oxygen atoms in total. The van der Waals surface area contributed by atoms with Crippen LogP contribution < -0.4 is 10.8 Å². The highest BCUT2D eigenvalue weighted by molar-refractivity contribution is 5.76. The summed E-state index contributed by atoms with van der Waals surface area (Å²) in [7, 11) is 0. The average Bonchev–Trinajstić information content (AvgIpc) is 3.37. The minimum absolute atomic E-state index is 0.00738. The number of carbonyl (C=O) groups excluding carboxylic acids is 2. The number of hydroxylamine groups is 1. The molecule has 0 aromatic heterocycles. The van der Waals surface area contributed by atoms with Crippen molar-refractivity contribution in [3.63, 3.8) is 0 Å². The number of benzene rings is 3. The van der Waals surface area contributed by atoms with Crippen LogP contribution in [0.4, 0.5) is 0 Å². The Balaban J connectivity index is 1.13. The lowest BCUT2D eigenvalue weighted by molar-refractivity contribution is -0.253. The smallest absolute Gasteiger partial charge is 0.243 e. The van der Waals surface area contributed by atoms with Gasteiger partial charge in [0.1, 0.15) is 0 Å². The average molecular weight is 698 g/mol. The molecule has 1 aliphatic carbocycles. The van der Waals surface area contributed by atoms with Gasteiger partial charge < -0.3 is 19.9 Å². The quantitative estimate of drug-likeness (QED) is 0.0789. The predicted octanol–water partition coefficient (Wildman–Crippen LogP) is 7.36. The fourth-order valence-corrected chi connectivity index (χ4v) is 8.90. The Morgan fingerprint density at radius 3 is 2.31 bits per heavy atom. The largest absolute Gasteiger partial charge is 0.392 e. The molecular weight excluding hydrogens is 642 g/mol. The zero-order chi connectivity index (χ0) is 36.0. The van der Waals surface area contributed by atoms with Crippen molar-refractivity contribution in [1.82, 2.24) is 15.7 Å². The predicted molar refractivity (Wildman–Crippen MR) is 196 cm³/mol. The Kier molecular flexibility index (Phi) is 11.9. The number of amides is 2. The zero-order valence-corrected chi connectivity index (χ0v) is 30.4. The molecule has 3 fully saturated rings. The lowest BCUT2D eigenvalue weighted by Gasteiger charge is -2.41. The molecule has 2 unspecified atom stereocenters. The van der Waals surface area contributed by atoms with Gasteiger partial charge in [-0.25, -0.2) is 5.48 Å². The third kappa shape index (κ3) is 9.84. The molecule has 3 aromatic carbocycles. The van der Waals surface area contributed by atoms with Crippen LogP contribution in [0.3, 0.4) is 0 Å². The second-order valence-electron chi connectivity index (χ2n) is 16.2. The van der Waals surface area contributed by atoms with E-state index in [9.17, 15) is 14.7 Å². The van der Waals surface area contributed by atoms with E-state index >= 15 is 0 Å². The monoisotopic (exact) mass is 697 g/mol. The molecule has 274 valence electrons. The first-order valence-electron chi connectivity index (χ1n) is 18.6. The number of likely N-dealkylation sites (tertiary alicyclic amines) is 1. The summed E-state index contributed by atoms with van der Waals surface area (Å²) in [6.45, 7) is 9.74. The third-order valence-corrected chi connectivity index (χ3v) is 10.9. The van der Waals surface area contributed by atoms with Gasteiger partial charge in [-0.05, 0) is 82.9 Å². The van der Waals surface area contributed by atoms with E-state index < -0.39 is 12.2 Å². The van der Waals surface area contributed by atoms with Crippen molar-refractivity contribution in [2.45, 2.75) is 116 Å². The highest BCUT2D eigenvalue weighted by atomic mass is 16.7. The first-order valence-corrected chi connectivity index (χ1v) is 18.6. The van der Waals surface area contributed by atoms with Crippen molar-refractivity contribution in [1.29, 1.82) is 0 Å². The van der Waals surface area contributed by atoms with Gasteiger partial charge in [-0.15, -0.1) is 0 Å². The summed E-state index contributed by atoms with van der Waals surface area (Å²) in [5.41, 5.74) is 8.40. The fourth-order valence-electron chi connectivity index (χ4n) is 8.90. The van der Waals surface area contributed by atoms with Crippen LogP contribution in [0.5, 0.6) is 0 Å². The van der Waals surface area contributed by atoms with Gasteiger partial charge in [0.15, 0.2) is 6.29 Å². The second kappa shape index (κ2) is 16.4. The number of hydrogen-bond acceptors (Lipinski definition) is 7. The van der Waals surface area contributed by atoms with Crippen LogP contribution >= 0.6 is 0 Å². The van der Waals surface area contributed by atoms with Crippen molar-refractivity contribution in [3.8, 4) is 11.1 Å². The minimum atomic E-state index is -0.527. The van der Waals surface area contributed by atoms with Crippen molar-refractivity contribution in [2.24, 2.45) is 10.8 Å². The zero-order valence-electron chi connectivity index (χ0n) is 30.4. The van der Waals surface area contributed by atoms with Crippen molar-refractivity contribution in [2.75, 3.05) is 13.1 Å². The first kappa shape index (κ1) is 37.2. The molecule has 2 bridgehead atoms. The highest BCUT2D eigenvalue weighted by Gasteiger charge is 2.50. The van der Waals surface area contributed by atoms with E-state index in [1.54, 1.807) is 5.48 Å². The maximum Gasteiger partial charge on any atom is 0.243 e. The van der Waals surface area contributed by atoms with Gasteiger partial charge in [0, 0.05) is 50.5 Å². The first-order chi connectivity index (χ1) is 24.5. The number of ether oxygens (including phenoxy) is 2. The number of unbranched alkanes of at least 4 members (excludes halogenated alkanes) is 2. The summed E-state index contributed by atoms with van der Waals surface area (Å²) in [4.78, 5) is 26.3. The maximum atomic E-state index is 12.5. The van der Waals surface area contributed by atoms with E-state index in [1.165, 1.54) is 19.3 Å². The van der Waals surface area contributed by atoms with E-state index in [2.05, 4.69) is 79.5 Å². The van der Waals surface area contributed by atoms with E-state index in [-0.39, 0.29) is 31.1 Å². The number of nitrogens with one attached hydrogen (secondary N) is 2. The summed E-state index contributed by atoms with van der Waals surface area (Å²) >= 11 is 0. The lowest BCUT2D eigenvalue weighted by atomic mass is 9.65. The molecule has 51 heavy (non-hydrogen) atoms. The normalized spacial score (nSPS) is 25.7. The summed E-state index contributed by atoms with van der Waals surface area (Å²) < 4.78 is 13.6. The maximum absolute atomic E-state index is 12.5. The van der Waals surface area contributed by atoms with Crippen LogP contribution in [0.25, 0.3) is 11.1 Å². The number of rotatable bonds is 14. The Morgan fingerprint density at radius 2 is 1.57 bits per heavy atom. The number of aliphatic hydroxyl groups is 1. The van der Waals surface area contributed by atoms with E-state index in [0.29, 0.717) is 42.7 Å². The Bertz CT molecular complexity index is 1640. The number of hydrogen-bond donors (Lipinski definition) is 4. The molecule has 3 aliphatic rings. The number of aliphatic hydroxyl groups excluding tert-OH is 1. The van der Waals surface area contributed by atoms with Gasteiger partial charge in [-0.1, -0.05) is 87.9 Å². The Labute approximate surface area is 302 Å². The summed E-state index contributed by atoms with van der Waals surface area (Å²) in [5, 5.41) is 21.2. The lowest BCUT2D eigenvalue weighted by Crippen LogP contribution is -2.42. The topological polar surface area (TPSA) is 120 Å². The highest BCUT2D eigenvalue weighted by Crippen LogP contribution is 2.53. The van der Waals surface area contributed by atoms with E-state index in [0.717, 1.165) is 59.3 Å². The second-order valence-corrected chi connectivity index (χ2v) is 16.2. The minimum Gasteiger partial charge on any atom is -0.392 e. The molecule has 2 saturated heterocycles. The summed E-state index contributed by atoms with van der Waals surface area (Å²) in [5.74, 6) is -0.425. The molecule has 6 rings (SSSR count). The summed E-state index contributed by atoms with van der Waals surface area (Å²) in [6.07, 6.45) is 6.58.